The number of para-hydroxylation sites is 1. The highest BCUT2D eigenvalue weighted by molar-refractivity contribution is 5.94. The third-order valence-electron chi connectivity index (χ3n) is 3.92. The molecular formula is C19H15N3O2. The maximum atomic E-state index is 11.5. The maximum absolute atomic E-state index is 11.5. The molecule has 0 bridgehead atoms. The molecule has 118 valence electrons. The van der Waals surface area contributed by atoms with Crippen molar-refractivity contribution >= 4 is 11.6 Å². The molecule has 1 aliphatic heterocycles. The summed E-state index contributed by atoms with van der Waals surface area (Å²) in [5.74, 6) is 0.754. The number of nitrogens with zero attached hydrogens (tertiary/aromatic N) is 2. The van der Waals surface area contributed by atoms with Gasteiger partial charge in [0.25, 0.3) is 0 Å². The Bertz CT molecular complexity index is 877. The van der Waals surface area contributed by atoms with Crippen LogP contribution in [0.3, 0.4) is 0 Å². The Morgan fingerprint density at radius 1 is 0.917 bits per heavy atom. The molecular weight excluding hydrogens is 302 g/mol. The number of nitrogens with one attached hydrogen (secondary N) is 1. The minimum absolute atomic E-state index is 0.0579. The van der Waals surface area contributed by atoms with Crippen LogP contribution in [0, 0.1) is 0 Å². The minimum atomic E-state index is 0.0579. The van der Waals surface area contributed by atoms with Crippen LogP contribution in [0.5, 0.6) is 11.8 Å². The number of ether oxygens (including phenoxy) is 1. The number of hydrogen-bond donors (Lipinski definition) is 1. The zero-order valence-corrected chi connectivity index (χ0v) is 12.9. The van der Waals surface area contributed by atoms with Crippen molar-refractivity contribution in [3.63, 3.8) is 0 Å². The van der Waals surface area contributed by atoms with E-state index < -0.39 is 0 Å². The molecule has 24 heavy (non-hydrogen) atoms. The lowest BCUT2D eigenvalue weighted by atomic mass is 9.99. The van der Waals surface area contributed by atoms with Crippen LogP contribution in [0.2, 0.25) is 0 Å². The van der Waals surface area contributed by atoms with E-state index in [4.69, 9.17) is 4.74 Å². The van der Waals surface area contributed by atoms with Crippen molar-refractivity contribution in [2.75, 3.05) is 5.32 Å². The van der Waals surface area contributed by atoms with Gasteiger partial charge in [-0.3, -0.25) is 4.79 Å². The number of amides is 1. The molecule has 5 nitrogen and oxygen atoms in total. The van der Waals surface area contributed by atoms with Gasteiger partial charge in [0, 0.05) is 30.1 Å². The molecule has 0 atom stereocenters. The van der Waals surface area contributed by atoms with E-state index in [0.717, 1.165) is 28.8 Å². The summed E-state index contributed by atoms with van der Waals surface area (Å²) in [6.45, 7) is 0. The van der Waals surface area contributed by atoms with Gasteiger partial charge in [-0.25, -0.2) is 9.97 Å². The van der Waals surface area contributed by atoms with Crippen LogP contribution in [0.15, 0.2) is 60.9 Å². The number of carbonyl (C=O) groups excluding carboxylic acids is 1. The summed E-state index contributed by atoms with van der Waals surface area (Å²) in [4.78, 5) is 20.1. The number of benzene rings is 2. The highest BCUT2D eigenvalue weighted by atomic mass is 16.5. The van der Waals surface area contributed by atoms with Crippen LogP contribution in [0.4, 0.5) is 5.69 Å². The summed E-state index contributed by atoms with van der Waals surface area (Å²) >= 11 is 0. The van der Waals surface area contributed by atoms with Crippen molar-refractivity contribution in [3.8, 4) is 22.9 Å². The molecule has 2 heterocycles. The van der Waals surface area contributed by atoms with Gasteiger partial charge in [-0.05, 0) is 35.7 Å². The first-order valence-corrected chi connectivity index (χ1v) is 7.76. The highest BCUT2D eigenvalue weighted by Crippen LogP contribution is 2.29. The van der Waals surface area contributed by atoms with Gasteiger partial charge in [0.05, 0.1) is 0 Å². The minimum Gasteiger partial charge on any atom is -0.424 e. The quantitative estimate of drug-likeness (QED) is 0.797. The molecule has 1 aromatic heterocycles. The Morgan fingerprint density at radius 3 is 2.50 bits per heavy atom. The van der Waals surface area contributed by atoms with E-state index in [0.29, 0.717) is 18.2 Å². The standard InChI is InChI=1S/C19H15N3O2/c23-18-9-8-13-6-7-14(10-17(13)22-18)15-11-20-19(21-12-15)24-16-4-2-1-3-5-16/h1-7,10-12H,8-9H2,(H,22,23). The van der Waals surface area contributed by atoms with E-state index in [1.807, 2.05) is 48.5 Å². The maximum Gasteiger partial charge on any atom is 0.321 e. The van der Waals surface area contributed by atoms with Crippen LogP contribution in [-0.4, -0.2) is 15.9 Å². The van der Waals surface area contributed by atoms with Gasteiger partial charge in [-0.1, -0.05) is 30.3 Å². The lowest BCUT2D eigenvalue weighted by molar-refractivity contribution is -0.116. The fraction of sp³-hybridized carbons (Fsp3) is 0.105. The van der Waals surface area contributed by atoms with Gasteiger partial charge in [0.15, 0.2) is 0 Å². The van der Waals surface area contributed by atoms with E-state index in [1.54, 1.807) is 12.4 Å². The largest absolute Gasteiger partial charge is 0.424 e. The monoisotopic (exact) mass is 317 g/mol. The Hall–Kier alpha value is -3.21. The third-order valence-corrected chi connectivity index (χ3v) is 3.92. The van der Waals surface area contributed by atoms with E-state index in [1.165, 1.54) is 0 Å². The van der Waals surface area contributed by atoms with Crippen molar-refractivity contribution in [1.82, 2.24) is 9.97 Å². The Kier molecular flexibility index (Phi) is 3.67. The molecule has 0 radical (unpaired) electrons. The van der Waals surface area contributed by atoms with Gasteiger partial charge in [0.1, 0.15) is 5.75 Å². The Morgan fingerprint density at radius 2 is 1.71 bits per heavy atom. The second-order valence-corrected chi connectivity index (χ2v) is 5.59. The summed E-state index contributed by atoms with van der Waals surface area (Å²) in [5, 5.41) is 2.91. The second kappa shape index (κ2) is 6.12. The normalized spacial score (nSPS) is 13.1. The summed E-state index contributed by atoms with van der Waals surface area (Å²) in [6, 6.07) is 15.7. The summed E-state index contributed by atoms with van der Waals surface area (Å²) in [7, 11) is 0. The number of hydrogen-bond acceptors (Lipinski definition) is 4. The summed E-state index contributed by atoms with van der Waals surface area (Å²) in [5.41, 5.74) is 3.86. The third kappa shape index (κ3) is 2.96. The van der Waals surface area contributed by atoms with Crippen LogP contribution in [0.25, 0.3) is 11.1 Å². The fourth-order valence-electron chi connectivity index (χ4n) is 2.66. The second-order valence-electron chi connectivity index (χ2n) is 5.59. The molecule has 1 aliphatic rings. The summed E-state index contributed by atoms with van der Waals surface area (Å²) in [6.07, 6.45) is 4.76. The predicted octanol–water partition coefficient (Wildman–Crippen LogP) is 3.82. The molecule has 1 N–H and O–H groups in total. The van der Waals surface area contributed by atoms with E-state index in [9.17, 15) is 4.79 Å². The number of anilines is 1. The Labute approximate surface area is 139 Å². The highest BCUT2D eigenvalue weighted by Gasteiger charge is 2.15. The van der Waals surface area contributed by atoms with Crippen LogP contribution < -0.4 is 10.1 Å². The molecule has 3 aromatic rings. The SMILES string of the molecule is O=C1CCc2ccc(-c3cnc(Oc4ccccc4)nc3)cc2N1. The molecule has 5 heteroatoms. The topological polar surface area (TPSA) is 64.1 Å². The van der Waals surface area contributed by atoms with Gasteiger partial charge in [0.2, 0.25) is 5.91 Å². The van der Waals surface area contributed by atoms with Crippen LogP contribution in [0.1, 0.15) is 12.0 Å². The number of aryl methyl sites for hydroxylation is 1. The van der Waals surface area contributed by atoms with Gasteiger partial charge >= 0.3 is 6.01 Å². The first kappa shape index (κ1) is 14.4. The molecule has 2 aromatic carbocycles. The number of rotatable bonds is 3. The first-order valence-electron chi connectivity index (χ1n) is 7.76. The van der Waals surface area contributed by atoms with Crippen molar-refractivity contribution in [2.24, 2.45) is 0 Å². The van der Waals surface area contributed by atoms with E-state index in [2.05, 4.69) is 15.3 Å². The van der Waals surface area contributed by atoms with Crippen molar-refractivity contribution in [3.05, 3.63) is 66.5 Å². The summed E-state index contributed by atoms with van der Waals surface area (Å²) < 4.78 is 5.59. The van der Waals surface area contributed by atoms with Crippen molar-refractivity contribution in [2.45, 2.75) is 12.8 Å². The van der Waals surface area contributed by atoms with E-state index >= 15 is 0 Å². The average Bonchev–Trinajstić information content (AvgIpc) is 2.62. The molecule has 0 aliphatic carbocycles. The molecule has 0 spiro atoms. The number of fused-ring (bicyclic) bond motifs is 1. The lowest BCUT2D eigenvalue weighted by Gasteiger charge is -2.17. The molecule has 0 unspecified atom stereocenters. The fourth-order valence-corrected chi connectivity index (χ4v) is 2.66. The van der Waals surface area contributed by atoms with Crippen LogP contribution in [-0.2, 0) is 11.2 Å². The smallest absolute Gasteiger partial charge is 0.321 e. The van der Waals surface area contributed by atoms with Crippen molar-refractivity contribution in [1.29, 1.82) is 0 Å². The van der Waals surface area contributed by atoms with Crippen molar-refractivity contribution < 1.29 is 9.53 Å². The average molecular weight is 317 g/mol. The van der Waals surface area contributed by atoms with E-state index in [-0.39, 0.29) is 5.91 Å². The molecule has 0 fully saturated rings. The first-order chi connectivity index (χ1) is 11.8. The molecule has 1 amide bonds. The molecule has 0 saturated carbocycles. The lowest BCUT2D eigenvalue weighted by Crippen LogP contribution is -2.18. The zero-order valence-electron chi connectivity index (χ0n) is 12.9. The number of aromatic nitrogens is 2. The Balaban J connectivity index is 1.57. The van der Waals surface area contributed by atoms with Gasteiger partial charge in [-0.15, -0.1) is 0 Å². The molecule has 4 rings (SSSR count). The van der Waals surface area contributed by atoms with Gasteiger partial charge in [-0.2, -0.15) is 0 Å². The number of carbonyl (C=O) groups is 1. The van der Waals surface area contributed by atoms with Crippen LogP contribution >= 0.6 is 0 Å². The zero-order chi connectivity index (χ0) is 16.4. The van der Waals surface area contributed by atoms with Gasteiger partial charge < -0.3 is 10.1 Å². The predicted molar refractivity (Wildman–Crippen MR) is 90.9 cm³/mol. The molecule has 0 saturated heterocycles.